The van der Waals surface area contributed by atoms with Crippen molar-refractivity contribution in [3.63, 3.8) is 0 Å². The number of thiazole rings is 1. The largest absolute Gasteiger partial charge is 0.302 e. The van der Waals surface area contributed by atoms with Gasteiger partial charge in [0.2, 0.25) is 5.91 Å². The molecule has 1 N–H and O–H groups in total. The molecule has 3 aromatic rings. The molecule has 0 saturated heterocycles. The van der Waals surface area contributed by atoms with Gasteiger partial charge >= 0.3 is 0 Å². The van der Waals surface area contributed by atoms with E-state index in [0.29, 0.717) is 15.2 Å². The van der Waals surface area contributed by atoms with Gasteiger partial charge in [-0.2, -0.15) is 0 Å². The van der Waals surface area contributed by atoms with Gasteiger partial charge in [0.15, 0.2) is 5.13 Å². The maximum atomic E-state index is 12.9. The Morgan fingerprint density at radius 3 is 2.68 bits per heavy atom. The number of hydrogen-bond donors (Lipinski definition) is 1. The molecule has 0 aliphatic carbocycles. The Labute approximate surface area is 139 Å². The van der Waals surface area contributed by atoms with Gasteiger partial charge in [-0.15, -0.1) is 22.7 Å². The van der Waals surface area contributed by atoms with Crippen LogP contribution in [-0.4, -0.2) is 10.9 Å². The summed E-state index contributed by atoms with van der Waals surface area (Å²) in [4.78, 5) is 17.2. The smallest absolute Gasteiger partial charge is 0.231 e. The van der Waals surface area contributed by atoms with Gasteiger partial charge in [0.1, 0.15) is 5.82 Å². The minimum Gasteiger partial charge on any atom is -0.302 e. The molecule has 0 bridgehead atoms. The van der Waals surface area contributed by atoms with Crippen molar-refractivity contribution in [2.45, 2.75) is 6.42 Å². The number of rotatable bonds is 4. The van der Waals surface area contributed by atoms with Crippen LogP contribution in [0, 0.1) is 5.82 Å². The molecular weight excluding hydrogens is 343 g/mol. The first-order valence-electron chi connectivity index (χ1n) is 6.36. The molecule has 3 rings (SSSR count). The molecule has 0 fully saturated rings. The van der Waals surface area contributed by atoms with Crippen LogP contribution in [0.5, 0.6) is 0 Å². The minimum absolute atomic E-state index is 0.140. The summed E-state index contributed by atoms with van der Waals surface area (Å²) in [6, 6.07) is 9.68. The molecule has 7 heteroatoms. The molecule has 0 spiro atoms. The normalized spacial score (nSPS) is 10.6. The topological polar surface area (TPSA) is 42.0 Å². The highest BCUT2D eigenvalue weighted by molar-refractivity contribution is 7.16. The van der Waals surface area contributed by atoms with E-state index in [1.165, 1.54) is 34.8 Å². The van der Waals surface area contributed by atoms with Gasteiger partial charge in [-0.05, 0) is 36.4 Å². The number of nitrogens with one attached hydrogen (secondary N) is 1. The molecule has 112 valence electrons. The van der Waals surface area contributed by atoms with Crippen molar-refractivity contribution >= 4 is 45.3 Å². The summed E-state index contributed by atoms with van der Waals surface area (Å²) in [5.41, 5.74) is 1.52. The highest BCUT2D eigenvalue weighted by Crippen LogP contribution is 2.26. The number of aromatic nitrogens is 1. The maximum Gasteiger partial charge on any atom is 0.231 e. The SMILES string of the molecule is O=C(Cc1ccc(Cl)s1)Nc1nc(-c2ccc(F)cc2)cs1. The van der Waals surface area contributed by atoms with Crippen molar-refractivity contribution in [3.05, 3.63) is 56.8 Å². The molecule has 1 aromatic carbocycles. The molecule has 2 heterocycles. The van der Waals surface area contributed by atoms with Crippen LogP contribution in [-0.2, 0) is 11.2 Å². The molecule has 0 radical (unpaired) electrons. The number of halogens is 2. The van der Waals surface area contributed by atoms with Crippen molar-refractivity contribution in [1.82, 2.24) is 4.98 Å². The second-order valence-corrected chi connectivity index (χ2v) is 7.13. The van der Waals surface area contributed by atoms with Gasteiger partial charge in [0, 0.05) is 15.8 Å². The molecule has 1 amide bonds. The fourth-order valence-electron chi connectivity index (χ4n) is 1.85. The fourth-order valence-corrected chi connectivity index (χ4v) is 3.67. The summed E-state index contributed by atoms with van der Waals surface area (Å²) in [5.74, 6) is -0.430. The van der Waals surface area contributed by atoms with Gasteiger partial charge in [-0.25, -0.2) is 9.37 Å². The molecular formula is C15H10ClFN2OS2. The Morgan fingerprint density at radius 1 is 1.23 bits per heavy atom. The lowest BCUT2D eigenvalue weighted by molar-refractivity contribution is -0.115. The molecule has 3 nitrogen and oxygen atoms in total. The average Bonchev–Trinajstić information content (AvgIpc) is 3.09. The van der Waals surface area contributed by atoms with Gasteiger partial charge in [-0.1, -0.05) is 11.6 Å². The first-order chi connectivity index (χ1) is 10.6. The van der Waals surface area contributed by atoms with Crippen LogP contribution in [0.3, 0.4) is 0 Å². The molecule has 0 aliphatic rings. The van der Waals surface area contributed by atoms with Gasteiger partial charge in [0.25, 0.3) is 0 Å². The summed E-state index contributed by atoms with van der Waals surface area (Å²) >= 11 is 8.55. The van der Waals surface area contributed by atoms with Crippen LogP contribution in [0.15, 0.2) is 41.8 Å². The Bertz CT molecular complexity index is 798. The Balaban J connectivity index is 1.66. The van der Waals surface area contributed by atoms with Crippen LogP contribution in [0.2, 0.25) is 4.34 Å². The number of nitrogens with zero attached hydrogens (tertiary/aromatic N) is 1. The highest BCUT2D eigenvalue weighted by atomic mass is 35.5. The Morgan fingerprint density at radius 2 is 2.00 bits per heavy atom. The summed E-state index contributed by atoms with van der Waals surface area (Å²) in [6.07, 6.45) is 0.267. The van der Waals surface area contributed by atoms with Crippen molar-refractivity contribution in [1.29, 1.82) is 0 Å². The average molecular weight is 353 g/mol. The van der Waals surface area contributed by atoms with Gasteiger partial charge < -0.3 is 5.32 Å². The van der Waals surface area contributed by atoms with E-state index in [1.807, 2.05) is 11.4 Å². The van der Waals surface area contributed by atoms with Crippen molar-refractivity contribution in [2.24, 2.45) is 0 Å². The zero-order valence-corrected chi connectivity index (χ0v) is 13.6. The van der Waals surface area contributed by atoms with Crippen LogP contribution in [0.1, 0.15) is 4.88 Å². The number of carbonyl (C=O) groups excluding carboxylic acids is 1. The summed E-state index contributed by atoms with van der Waals surface area (Å²) in [5, 5.41) is 5.10. The third-order valence-electron chi connectivity index (χ3n) is 2.85. The lowest BCUT2D eigenvalue weighted by atomic mass is 10.2. The van der Waals surface area contributed by atoms with E-state index in [1.54, 1.807) is 18.2 Å². The molecule has 0 saturated carbocycles. The van der Waals surface area contributed by atoms with E-state index < -0.39 is 0 Å². The number of benzene rings is 1. The lowest BCUT2D eigenvalue weighted by Gasteiger charge is -1.99. The number of amides is 1. The minimum atomic E-state index is -0.290. The second kappa shape index (κ2) is 6.56. The summed E-state index contributed by atoms with van der Waals surface area (Å²) in [7, 11) is 0. The molecule has 0 aliphatic heterocycles. The molecule has 2 aromatic heterocycles. The Kier molecular flexibility index (Phi) is 4.52. The van der Waals surface area contributed by atoms with Crippen molar-refractivity contribution < 1.29 is 9.18 Å². The maximum absolute atomic E-state index is 12.9. The van der Waals surface area contributed by atoms with E-state index in [0.717, 1.165) is 10.4 Å². The van der Waals surface area contributed by atoms with E-state index in [4.69, 9.17) is 11.6 Å². The van der Waals surface area contributed by atoms with E-state index in [2.05, 4.69) is 10.3 Å². The zero-order valence-electron chi connectivity index (χ0n) is 11.2. The number of hydrogen-bond acceptors (Lipinski definition) is 4. The monoisotopic (exact) mass is 352 g/mol. The predicted octanol–water partition coefficient (Wildman–Crippen LogP) is 4.85. The molecule has 0 atom stereocenters. The molecule has 0 unspecified atom stereocenters. The predicted molar refractivity (Wildman–Crippen MR) is 89.2 cm³/mol. The lowest BCUT2D eigenvalue weighted by Crippen LogP contribution is -2.13. The van der Waals surface area contributed by atoms with Crippen LogP contribution < -0.4 is 5.32 Å². The number of anilines is 1. The summed E-state index contributed by atoms with van der Waals surface area (Å²) < 4.78 is 13.6. The highest BCUT2D eigenvalue weighted by Gasteiger charge is 2.10. The standard InChI is InChI=1S/C15H10ClFN2OS2/c16-13-6-5-11(22-13)7-14(20)19-15-18-12(8-21-15)9-1-3-10(17)4-2-9/h1-6,8H,7H2,(H,18,19,20). The van der Waals surface area contributed by atoms with Crippen molar-refractivity contribution in [2.75, 3.05) is 5.32 Å². The Hall–Kier alpha value is -1.76. The first-order valence-corrected chi connectivity index (χ1v) is 8.43. The van der Waals surface area contributed by atoms with Crippen molar-refractivity contribution in [3.8, 4) is 11.3 Å². The van der Waals surface area contributed by atoms with E-state index >= 15 is 0 Å². The molecule has 22 heavy (non-hydrogen) atoms. The van der Waals surface area contributed by atoms with Crippen LogP contribution in [0.4, 0.5) is 9.52 Å². The van der Waals surface area contributed by atoms with Gasteiger partial charge in [0.05, 0.1) is 16.5 Å². The summed E-state index contributed by atoms with van der Waals surface area (Å²) in [6.45, 7) is 0. The van der Waals surface area contributed by atoms with E-state index in [-0.39, 0.29) is 18.1 Å². The van der Waals surface area contributed by atoms with Crippen LogP contribution >= 0.6 is 34.3 Å². The van der Waals surface area contributed by atoms with E-state index in [9.17, 15) is 9.18 Å². The first kappa shape index (κ1) is 15.1. The fraction of sp³-hybridized carbons (Fsp3) is 0.0667. The van der Waals surface area contributed by atoms with Gasteiger partial charge in [-0.3, -0.25) is 4.79 Å². The third-order valence-corrected chi connectivity index (χ3v) is 4.84. The third kappa shape index (κ3) is 3.71. The number of thiophene rings is 1. The zero-order chi connectivity index (χ0) is 15.5. The second-order valence-electron chi connectivity index (χ2n) is 4.48. The number of carbonyl (C=O) groups is 1. The van der Waals surface area contributed by atoms with Crippen LogP contribution in [0.25, 0.3) is 11.3 Å². The quantitative estimate of drug-likeness (QED) is 0.729.